The Bertz CT molecular complexity index is 1700. The molecule has 3 atom stereocenters. The number of alkyl carbamates (subject to hydrolysis) is 1. The van der Waals surface area contributed by atoms with E-state index in [2.05, 4.69) is 26.7 Å². The molecule has 0 bridgehead atoms. The van der Waals surface area contributed by atoms with E-state index in [1.54, 1.807) is 0 Å². The molecule has 0 aliphatic carbocycles. The van der Waals surface area contributed by atoms with Gasteiger partial charge in [0.2, 0.25) is 0 Å². The van der Waals surface area contributed by atoms with Gasteiger partial charge in [-0.15, -0.1) is 0 Å². The van der Waals surface area contributed by atoms with E-state index in [1.165, 1.54) is 7.11 Å². The summed E-state index contributed by atoms with van der Waals surface area (Å²) < 4.78 is 11.2. The van der Waals surface area contributed by atoms with Crippen molar-refractivity contribution in [2.45, 2.75) is 43.4 Å². The lowest BCUT2D eigenvalue weighted by molar-refractivity contribution is -0.120. The predicted octanol–water partition coefficient (Wildman–Crippen LogP) is 6.41. The Morgan fingerprint density at radius 2 is 1.49 bits per heavy atom. The van der Waals surface area contributed by atoms with Gasteiger partial charge in [-0.05, 0) is 35.1 Å². The minimum atomic E-state index is -0.826. The molecule has 5 aromatic rings. The monoisotopic (exact) mass is 628 g/mol. The first-order valence-electron chi connectivity index (χ1n) is 16.1. The predicted molar refractivity (Wildman–Crippen MR) is 182 cm³/mol. The highest BCUT2D eigenvalue weighted by atomic mass is 16.5. The molecule has 1 aromatic heterocycles. The van der Waals surface area contributed by atoms with E-state index in [4.69, 9.17) is 9.47 Å². The summed E-state index contributed by atoms with van der Waals surface area (Å²) >= 11 is 0. The quantitative estimate of drug-likeness (QED) is 0.148. The van der Waals surface area contributed by atoms with Gasteiger partial charge in [0.1, 0.15) is 11.9 Å². The van der Waals surface area contributed by atoms with Crippen molar-refractivity contribution >= 4 is 11.9 Å². The van der Waals surface area contributed by atoms with Crippen molar-refractivity contribution in [3.05, 3.63) is 149 Å². The number of aromatic nitrogens is 2. The maximum absolute atomic E-state index is 14.2. The summed E-state index contributed by atoms with van der Waals surface area (Å²) in [5.74, 6) is 0.372. The number of benzene rings is 4. The van der Waals surface area contributed by atoms with Gasteiger partial charge in [0.25, 0.3) is 0 Å². The number of Topliss-reactive ketones (excluding diaryl/α,β-unsaturated/α-hetero) is 1. The van der Waals surface area contributed by atoms with Gasteiger partial charge in [0.15, 0.2) is 5.78 Å². The Morgan fingerprint density at radius 1 is 0.872 bits per heavy atom. The summed E-state index contributed by atoms with van der Waals surface area (Å²) in [4.78, 5) is 34.7. The lowest BCUT2D eigenvalue weighted by atomic mass is 9.81. The first-order valence-corrected chi connectivity index (χ1v) is 16.1. The molecular weight excluding hydrogens is 588 g/mol. The number of carbonyl (C=O) groups is 2. The van der Waals surface area contributed by atoms with Gasteiger partial charge in [-0.3, -0.25) is 4.79 Å². The normalized spacial score (nSPS) is 16.8. The number of methoxy groups -OCH3 is 1. The molecule has 1 amide bonds. The van der Waals surface area contributed by atoms with Gasteiger partial charge < -0.3 is 25.1 Å². The highest BCUT2D eigenvalue weighted by Gasteiger charge is 2.33. The van der Waals surface area contributed by atoms with Crippen LogP contribution >= 0.6 is 0 Å². The number of imidazole rings is 1. The Kier molecular flexibility index (Phi) is 10.5. The molecule has 47 heavy (non-hydrogen) atoms. The average Bonchev–Trinajstić information content (AvgIpc) is 3.63. The number of H-pyrrole nitrogens is 1. The topological polar surface area (TPSA) is 105 Å². The van der Waals surface area contributed by atoms with E-state index >= 15 is 0 Å². The molecule has 1 aliphatic heterocycles. The number of carbonyl (C=O) groups excluding carboxylic acids is 2. The van der Waals surface area contributed by atoms with Gasteiger partial charge >= 0.3 is 6.09 Å². The standard InChI is InChI=1S/C39H40N4O4/c1-46-39(45)43-37(36(28-14-5-2-6-15-28)29-16-7-3-8-17-29)35(44)23-31-20-12-11-13-27(31)21-22-32-24-40-34(26-47-32)33-25-41-38(42-33)30-18-9-4-10-19-30/h2-20,25,32,34,36-37,40H,21-24,26H2,1H3,(H,41,42)(H,43,45)/t32-,34+,37-/m1/s1. The zero-order chi connectivity index (χ0) is 32.4. The third-order valence-electron chi connectivity index (χ3n) is 8.78. The molecule has 8 heteroatoms. The molecule has 2 heterocycles. The van der Waals surface area contributed by atoms with Crippen molar-refractivity contribution in [3.8, 4) is 11.4 Å². The number of nitrogens with one attached hydrogen (secondary N) is 3. The number of ketones is 1. The van der Waals surface area contributed by atoms with Crippen molar-refractivity contribution in [2.24, 2.45) is 0 Å². The van der Waals surface area contributed by atoms with E-state index < -0.39 is 12.1 Å². The van der Waals surface area contributed by atoms with Gasteiger partial charge in [0.05, 0.1) is 37.8 Å². The van der Waals surface area contributed by atoms with Crippen LogP contribution in [0.4, 0.5) is 4.79 Å². The first kappa shape index (κ1) is 31.9. The Morgan fingerprint density at radius 3 is 2.11 bits per heavy atom. The van der Waals surface area contributed by atoms with E-state index in [0.29, 0.717) is 13.2 Å². The Labute approximate surface area is 275 Å². The van der Waals surface area contributed by atoms with Crippen LogP contribution in [0, 0.1) is 0 Å². The number of nitrogens with zero attached hydrogens (tertiary/aromatic N) is 1. The number of morpholine rings is 1. The van der Waals surface area contributed by atoms with Gasteiger partial charge in [-0.1, -0.05) is 115 Å². The molecule has 8 nitrogen and oxygen atoms in total. The van der Waals surface area contributed by atoms with E-state index in [9.17, 15) is 9.59 Å². The Balaban J connectivity index is 1.12. The SMILES string of the molecule is COC(=O)N[C@H](C(=O)Cc1ccccc1CC[C@@H]1CN[C@H](c2cnc(-c3ccccc3)[nH]2)CO1)C(c1ccccc1)c1ccccc1. The molecule has 1 saturated heterocycles. The minimum Gasteiger partial charge on any atom is -0.453 e. The summed E-state index contributed by atoms with van der Waals surface area (Å²) in [5, 5.41) is 6.48. The molecule has 1 fully saturated rings. The second-order valence-electron chi connectivity index (χ2n) is 11.8. The number of rotatable bonds is 12. The van der Waals surface area contributed by atoms with E-state index in [-0.39, 0.29) is 30.3 Å². The summed E-state index contributed by atoms with van der Waals surface area (Å²) in [6.07, 6.45) is 3.03. The van der Waals surface area contributed by atoms with Crippen LogP contribution in [0.2, 0.25) is 0 Å². The largest absolute Gasteiger partial charge is 0.453 e. The number of hydrogen-bond acceptors (Lipinski definition) is 6. The lowest BCUT2D eigenvalue weighted by Gasteiger charge is -2.30. The van der Waals surface area contributed by atoms with Gasteiger partial charge in [-0.25, -0.2) is 9.78 Å². The van der Waals surface area contributed by atoms with E-state index in [1.807, 2.05) is 115 Å². The molecule has 0 spiro atoms. The van der Waals surface area contributed by atoms with Crippen LogP contribution in [0.5, 0.6) is 0 Å². The van der Waals surface area contributed by atoms with Crippen molar-refractivity contribution < 1.29 is 19.1 Å². The molecule has 0 radical (unpaired) electrons. The van der Waals surface area contributed by atoms with Crippen molar-refractivity contribution in [3.63, 3.8) is 0 Å². The molecular formula is C39H40N4O4. The highest BCUT2D eigenvalue weighted by Crippen LogP contribution is 2.30. The number of aromatic amines is 1. The lowest BCUT2D eigenvalue weighted by Crippen LogP contribution is -2.46. The average molecular weight is 629 g/mol. The van der Waals surface area contributed by atoms with Gasteiger partial charge in [0, 0.05) is 24.4 Å². The summed E-state index contributed by atoms with van der Waals surface area (Å²) in [5.41, 5.74) is 5.97. The zero-order valence-corrected chi connectivity index (χ0v) is 26.5. The van der Waals surface area contributed by atoms with Crippen LogP contribution in [-0.4, -0.2) is 54.3 Å². The first-order chi connectivity index (χ1) is 23.1. The van der Waals surface area contributed by atoms with Crippen LogP contribution in [-0.2, 0) is 27.1 Å². The zero-order valence-electron chi connectivity index (χ0n) is 26.5. The van der Waals surface area contributed by atoms with Crippen molar-refractivity contribution in [2.75, 3.05) is 20.3 Å². The second-order valence-corrected chi connectivity index (χ2v) is 11.8. The van der Waals surface area contributed by atoms with Crippen molar-refractivity contribution in [1.82, 2.24) is 20.6 Å². The summed E-state index contributed by atoms with van der Waals surface area (Å²) in [7, 11) is 1.31. The second kappa shape index (κ2) is 15.5. The fraction of sp³-hybridized carbons (Fsp3) is 0.256. The molecule has 1 aliphatic rings. The van der Waals surface area contributed by atoms with Crippen LogP contribution in [0.1, 0.15) is 46.3 Å². The number of amides is 1. The van der Waals surface area contributed by atoms with Crippen LogP contribution < -0.4 is 10.6 Å². The maximum atomic E-state index is 14.2. The fourth-order valence-corrected chi connectivity index (χ4v) is 6.29. The number of hydrogen-bond donors (Lipinski definition) is 3. The maximum Gasteiger partial charge on any atom is 0.407 e. The molecule has 4 aromatic carbocycles. The van der Waals surface area contributed by atoms with Crippen LogP contribution in [0.3, 0.4) is 0 Å². The molecule has 0 unspecified atom stereocenters. The molecule has 6 rings (SSSR count). The van der Waals surface area contributed by atoms with Crippen LogP contribution in [0.25, 0.3) is 11.4 Å². The number of ether oxygens (including phenoxy) is 2. The third-order valence-corrected chi connectivity index (χ3v) is 8.78. The summed E-state index contributed by atoms with van der Waals surface area (Å²) in [6.45, 7) is 1.26. The third kappa shape index (κ3) is 8.03. The summed E-state index contributed by atoms with van der Waals surface area (Å²) in [6, 6.07) is 36.9. The molecule has 3 N–H and O–H groups in total. The minimum absolute atomic E-state index is 0.0424. The van der Waals surface area contributed by atoms with Gasteiger partial charge in [-0.2, -0.15) is 0 Å². The highest BCUT2D eigenvalue weighted by molar-refractivity contribution is 5.91. The molecule has 240 valence electrons. The van der Waals surface area contributed by atoms with Crippen LogP contribution in [0.15, 0.2) is 121 Å². The Hall–Kier alpha value is -5.05. The number of aryl methyl sites for hydroxylation is 1. The smallest absolute Gasteiger partial charge is 0.407 e. The molecule has 0 saturated carbocycles. The fourth-order valence-electron chi connectivity index (χ4n) is 6.29. The van der Waals surface area contributed by atoms with E-state index in [0.717, 1.165) is 52.2 Å². The van der Waals surface area contributed by atoms with Crippen molar-refractivity contribution in [1.29, 1.82) is 0 Å².